The first-order chi connectivity index (χ1) is 10.6. The second kappa shape index (κ2) is 12.7. The molecule has 0 amide bonds. The summed E-state index contributed by atoms with van der Waals surface area (Å²) in [5.41, 5.74) is 0. The fraction of sp³-hybridized carbons (Fsp3) is 0.562. The molecule has 0 saturated heterocycles. The summed E-state index contributed by atoms with van der Waals surface area (Å²) in [4.78, 5) is 6.61. The predicted octanol–water partition coefficient (Wildman–Crippen LogP) is 3.47. The maximum absolute atomic E-state index is 13.5. The fourth-order valence-electron chi connectivity index (χ4n) is 1.72. The Morgan fingerprint density at radius 3 is 2.74 bits per heavy atom. The second-order valence-corrected chi connectivity index (χ2v) is 6.22. The van der Waals surface area contributed by atoms with E-state index in [0.717, 1.165) is 19.0 Å². The first kappa shape index (κ1) is 22.3. The molecule has 7 heteroatoms. The lowest BCUT2D eigenvalue weighted by molar-refractivity contribution is 0.270. The van der Waals surface area contributed by atoms with E-state index < -0.39 is 0 Å². The number of thioether (sulfide) groups is 1. The third-order valence-electron chi connectivity index (χ3n) is 3.12. The maximum Gasteiger partial charge on any atom is 0.193 e. The Bertz CT molecular complexity index is 476. The smallest absolute Gasteiger partial charge is 0.193 e. The molecule has 1 rings (SSSR count). The Kier molecular flexibility index (Phi) is 12.3. The van der Waals surface area contributed by atoms with Crippen LogP contribution in [0.1, 0.15) is 13.8 Å². The molecule has 0 spiro atoms. The van der Waals surface area contributed by atoms with Crippen LogP contribution < -0.4 is 10.1 Å². The number of para-hydroxylation sites is 1. The standard InChI is InChI=1S/C16H26FN3OS.HI/c1-5-18-16(19-12-13(2)22-4)20(3)10-11-21-15-9-7-6-8-14(15)17;/h6-9,13H,5,10-12H2,1-4H3,(H,18,19);1H. The third kappa shape index (κ3) is 8.64. The molecule has 1 N–H and O–H groups in total. The SMILES string of the molecule is CCNC(=NCC(C)SC)N(C)CCOc1ccccc1F.I. The first-order valence-electron chi connectivity index (χ1n) is 7.48. The number of guanidine groups is 1. The van der Waals surface area contributed by atoms with Crippen LogP contribution in [0.2, 0.25) is 0 Å². The van der Waals surface area contributed by atoms with Crippen LogP contribution in [-0.2, 0) is 0 Å². The summed E-state index contributed by atoms with van der Waals surface area (Å²) in [6.45, 7) is 6.80. The summed E-state index contributed by atoms with van der Waals surface area (Å²) in [7, 11) is 1.95. The molecule has 0 aliphatic carbocycles. The van der Waals surface area contributed by atoms with Crippen molar-refractivity contribution in [2.24, 2.45) is 4.99 Å². The van der Waals surface area contributed by atoms with E-state index in [2.05, 4.69) is 23.5 Å². The average Bonchev–Trinajstić information content (AvgIpc) is 2.52. The van der Waals surface area contributed by atoms with Crippen LogP contribution in [0.3, 0.4) is 0 Å². The molecule has 1 aromatic rings. The van der Waals surface area contributed by atoms with E-state index in [9.17, 15) is 4.39 Å². The molecular formula is C16H27FIN3OS. The van der Waals surface area contributed by atoms with Gasteiger partial charge in [0.1, 0.15) is 6.61 Å². The van der Waals surface area contributed by atoms with Gasteiger partial charge in [-0.25, -0.2) is 4.39 Å². The fourth-order valence-corrected chi connectivity index (χ4v) is 1.94. The average molecular weight is 455 g/mol. The second-order valence-electron chi connectivity index (χ2n) is 4.94. The number of hydrogen-bond acceptors (Lipinski definition) is 3. The number of benzene rings is 1. The highest BCUT2D eigenvalue weighted by molar-refractivity contribution is 14.0. The number of ether oxygens (including phenoxy) is 1. The Morgan fingerprint density at radius 1 is 1.43 bits per heavy atom. The van der Waals surface area contributed by atoms with Crippen LogP contribution in [-0.4, -0.2) is 55.7 Å². The lowest BCUT2D eigenvalue weighted by Gasteiger charge is -2.22. The lowest BCUT2D eigenvalue weighted by atomic mass is 10.3. The summed E-state index contributed by atoms with van der Waals surface area (Å²) in [5, 5.41) is 3.74. The van der Waals surface area contributed by atoms with Crippen LogP contribution in [0.25, 0.3) is 0 Å². The molecular weight excluding hydrogens is 428 g/mol. The van der Waals surface area contributed by atoms with Gasteiger partial charge in [-0.3, -0.25) is 4.99 Å². The van der Waals surface area contributed by atoms with Gasteiger partial charge in [-0.05, 0) is 25.3 Å². The van der Waals surface area contributed by atoms with Crippen LogP contribution in [0.4, 0.5) is 4.39 Å². The van der Waals surface area contributed by atoms with Crippen LogP contribution >= 0.6 is 35.7 Å². The zero-order valence-electron chi connectivity index (χ0n) is 14.2. The number of nitrogens with zero attached hydrogens (tertiary/aromatic N) is 2. The molecule has 1 unspecified atom stereocenters. The van der Waals surface area contributed by atoms with Crippen LogP contribution in [0.5, 0.6) is 5.75 Å². The summed E-state index contributed by atoms with van der Waals surface area (Å²) in [6.07, 6.45) is 2.08. The van der Waals surface area contributed by atoms with Crippen molar-refractivity contribution in [3.05, 3.63) is 30.1 Å². The highest BCUT2D eigenvalue weighted by atomic mass is 127. The largest absolute Gasteiger partial charge is 0.489 e. The van der Waals surface area contributed by atoms with Crippen molar-refractivity contribution in [1.29, 1.82) is 0 Å². The van der Waals surface area contributed by atoms with Gasteiger partial charge in [-0.1, -0.05) is 19.1 Å². The van der Waals surface area contributed by atoms with E-state index >= 15 is 0 Å². The zero-order valence-corrected chi connectivity index (χ0v) is 17.4. The van der Waals surface area contributed by atoms with Crippen LogP contribution in [0.15, 0.2) is 29.3 Å². The molecule has 0 heterocycles. The van der Waals surface area contributed by atoms with Gasteiger partial charge < -0.3 is 15.0 Å². The van der Waals surface area contributed by atoms with E-state index in [4.69, 9.17) is 4.74 Å². The van der Waals surface area contributed by atoms with Crippen LogP contribution in [0, 0.1) is 5.82 Å². The molecule has 0 saturated carbocycles. The number of rotatable bonds is 8. The van der Waals surface area contributed by atoms with Gasteiger partial charge >= 0.3 is 0 Å². The molecule has 0 radical (unpaired) electrons. The third-order valence-corrected chi connectivity index (χ3v) is 4.07. The topological polar surface area (TPSA) is 36.9 Å². The molecule has 132 valence electrons. The van der Waals surface area contributed by atoms with Crippen molar-refractivity contribution >= 4 is 41.7 Å². The van der Waals surface area contributed by atoms with Gasteiger partial charge in [0.2, 0.25) is 0 Å². The summed E-state index contributed by atoms with van der Waals surface area (Å²) >= 11 is 1.79. The monoisotopic (exact) mass is 455 g/mol. The number of hydrogen-bond donors (Lipinski definition) is 1. The van der Waals surface area contributed by atoms with Crippen molar-refractivity contribution in [3.63, 3.8) is 0 Å². The highest BCUT2D eigenvalue weighted by Crippen LogP contribution is 2.15. The van der Waals surface area contributed by atoms with Gasteiger partial charge in [-0.15, -0.1) is 24.0 Å². The van der Waals surface area contributed by atoms with Crippen molar-refractivity contribution in [3.8, 4) is 5.75 Å². The molecule has 0 aromatic heterocycles. The van der Waals surface area contributed by atoms with Gasteiger partial charge in [0.15, 0.2) is 17.5 Å². The molecule has 1 aromatic carbocycles. The zero-order chi connectivity index (χ0) is 16.4. The van der Waals surface area contributed by atoms with E-state index in [0.29, 0.717) is 18.4 Å². The lowest BCUT2D eigenvalue weighted by Crippen LogP contribution is -2.41. The highest BCUT2D eigenvalue weighted by Gasteiger charge is 2.08. The minimum Gasteiger partial charge on any atom is -0.489 e. The predicted molar refractivity (Wildman–Crippen MR) is 109 cm³/mol. The van der Waals surface area contributed by atoms with E-state index in [-0.39, 0.29) is 35.5 Å². The van der Waals surface area contributed by atoms with Crippen molar-refractivity contribution in [2.75, 3.05) is 39.5 Å². The minimum atomic E-state index is -0.334. The molecule has 0 aliphatic heterocycles. The summed E-state index contributed by atoms with van der Waals surface area (Å²) < 4.78 is 18.9. The normalized spacial score (nSPS) is 12.3. The number of halogens is 2. The minimum absolute atomic E-state index is 0. The Balaban J connectivity index is 0.00000484. The molecule has 0 bridgehead atoms. The number of aliphatic imine (C=N–C) groups is 1. The van der Waals surface area contributed by atoms with Gasteiger partial charge in [-0.2, -0.15) is 11.8 Å². The molecule has 0 fully saturated rings. The van der Waals surface area contributed by atoms with Gasteiger partial charge in [0, 0.05) is 18.8 Å². The number of nitrogens with one attached hydrogen (secondary N) is 1. The molecule has 23 heavy (non-hydrogen) atoms. The summed E-state index contributed by atoms with van der Waals surface area (Å²) in [5.74, 6) is 0.800. The Morgan fingerprint density at radius 2 is 2.13 bits per heavy atom. The Labute approximate surface area is 160 Å². The van der Waals surface area contributed by atoms with Crippen molar-refractivity contribution in [2.45, 2.75) is 19.1 Å². The first-order valence-corrected chi connectivity index (χ1v) is 8.76. The summed E-state index contributed by atoms with van der Waals surface area (Å²) in [6, 6.07) is 6.44. The molecule has 1 atom stereocenters. The van der Waals surface area contributed by atoms with Crippen molar-refractivity contribution < 1.29 is 9.13 Å². The Hall–Kier alpha value is -0.700. The quantitative estimate of drug-likeness (QED) is 0.370. The molecule has 0 aliphatic rings. The van der Waals surface area contributed by atoms with Crippen molar-refractivity contribution in [1.82, 2.24) is 10.2 Å². The maximum atomic E-state index is 13.5. The number of likely N-dealkylation sites (N-methyl/N-ethyl adjacent to an activating group) is 1. The molecule has 4 nitrogen and oxygen atoms in total. The van der Waals surface area contributed by atoms with Gasteiger partial charge in [0.25, 0.3) is 0 Å². The van der Waals surface area contributed by atoms with E-state index in [1.54, 1.807) is 30.0 Å². The van der Waals surface area contributed by atoms with E-state index in [1.807, 2.05) is 18.9 Å². The van der Waals surface area contributed by atoms with Gasteiger partial charge in [0.05, 0.1) is 13.1 Å². The van der Waals surface area contributed by atoms with E-state index in [1.165, 1.54) is 6.07 Å².